The molecule has 0 atom stereocenters. The first-order valence-electron chi connectivity index (χ1n) is 15.8. The number of aromatic amines is 1. The maximum absolute atomic E-state index is 13.6. The van der Waals surface area contributed by atoms with Crippen molar-refractivity contribution in [3.63, 3.8) is 0 Å². The van der Waals surface area contributed by atoms with Crippen molar-refractivity contribution < 1.29 is 18.8 Å². The van der Waals surface area contributed by atoms with Gasteiger partial charge in [0.05, 0.1) is 11.9 Å². The molecule has 48 heavy (non-hydrogen) atoms. The van der Waals surface area contributed by atoms with Crippen LogP contribution in [0, 0.1) is 5.82 Å². The monoisotopic (exact) mass is 647 g/mol. The molecule has 2 aromatic heterocycles. The van der Waals surface area contributed by atoms with Crippen molar-refractivity contribution in [2.75, 3.05) is 43.4 Å². The smallest absolute Gasteiger partial charge is 0.317 e. The molecule has 1 aliphatic heterocycles. The minimum atomic E-state index is -0.410. The van der Waals surface area contributed by atoms with E-state index in [0.29, 0.717) is 60.8 Å². The third-order valence-corrected chi connectivity index (χ3v) is 8.65. The van der Waals surface area contributed by atoms with Gasteiger partial charge < -0.3 is 25.3 Å². The summed E-state index contributed by atoms with van der Waals surface area (Å²) in [6.07, 6.45) is 3.61. The molecule has 0 spiro atoms. The fourth-order valence-electron chi connectivity index (χ4n) is 5.68. The molecule has 1 aliphatic carbocycles. The van der Waals surface area contributed by atoms with Gasteiger partial charge in [-0.05, 0) is 66.4 Å². The third-order valence-electron chi connectivity index (χ3n) is 8.65. The number of carbonyl (C=O) groups excluding carboxylic acids is 3. The summed E-state index contributed by atoms with van der Waals surface area (Å²) >= 11 is 0. The number of hydrogen-bond donors (Lipinski definition) is 3. The molecule has 13 heteroatoms. The van der Waals surface area contributed by atoms with Crippen molar-refractivity contribution in [3.8, 4) is 11.1 Å². The van der Waals surface area contributed by atoms with Gasteiger partial charge in [-0.15, -0.1) is 0 Å². The molecule has 3 N–H and O–H groups in total. The number of benzene rings is 3. The van der Waals surface area contributed by atoms with E-state index in [2.05, 4.69) is 30.8 Å². The van der Waals surface area contributed by atoms with Crippen molar-refractivity contribution in [1.82, 2.24) is 35.3 Å². The first-order valence-corrected chi connectivity index (χ1v) is 15.8. The van der Waals surface area contributed by atoms with Gasteiger partial charge >= 0.3 is 6.03 Å². The van der Waals surface area contributed by atoms with Crippen LogP contribution in [0.4, 0.5) is 26.5 Å². The Morgan fingerprint density at radius 2 is 1.67 bits per heavy atom. The topological polar surface area (TPSA) is 139 Å². The largest absolute Gasteiger partial charge is 0.335 e. The predicted octanol–water partition coefficient (Wildman–Crippen LogP) is 4.74. The second kappa shape index (κ2) is 13.1. The maximum Gasteiger partial charge on any atom is 0.317 e. The summed E-state index contributed by atoms with van der Waals surface area (Å²) < 4.78 is 13.6. The predicted molar refractivity (Wildman–Crippen MR) is 179 cm³/mol. The van der Waals surface area contributed by atoms with E-state index >= 15 is 0 Å². The maximum atomic E-state index is 13.6. The van der Waals surface area contributed by atoms with Crippen LogP contribution in [0.1, 0.15) is 28.9 Å². The Hall–Kier alpha value is -5.85. The lowest BCUT2D eigenvalue weighted by molar-refractivity contribution is -0.117. The number of rotatable bonds is 8. The lowest BCUT2D eigenvalue weighted by atomic mass is 10.0. The zero-order valence-electron chi connectivity index (χ0n) is 26.3. The Labute approximate surface area is 276 Å². The number of piperazine rings is 1. The zero-order valence-corrected chi connectivity index (χ0v) is 26.3. The highest BCUT2D eigenvalue weighted by Crippen LogP contribution is 2.28. The van der Waals surface area contributed by atoms with Gasteiger partial charge in [-0.2, -0.15) is 5.10 Å². The normalized spacial score (nSPS) is 14.5. The third kappa shape index (κ3) is 6.80. The van der Waals surface area contributed by atoms with Crippen LogP contribution in [0.15, 0.2) is 79.1 Å². The summed E-state index contributed by atoms with van der Waals surface area (Å²) in [5.41, 5.74) is 4.25. The van der Waals surface area contributed by atoms with Crippen molar-refractivity contribution in [1.29, 1.82) is 0 Å². The van der Waals surface area contributed by atoms with Crippen LogP contribution in [0.2, 0.25) is 0 Å². The Bertz CT molecular complexity index is 1990. The molecule has 7 rings (SSSR count). The fraction of sp³-hybridized carbons (Fsp3) is 0.257. The highest BCUT2D eigenvalue weighted by atomic mass is 19.1. The number of nitrogens with one attached hydrogen (secondary N) is 3. The van der Waals surface area contributed by atoms with Crippen LogP contribution < -0.4 is 15.5 Å². The zero-order chi connectivity index (χ0) is 33.2. The molecular weight excluding hydrogens is 613 g/mol. The van der Waals surface area contributed by atoms with Crippen LogP contribution in [0.25, 0.3) is 22.0 Å². The first kappa shape index (κ1) is 30.8. The van der Waals surface area contributed by atoms with Gasteiger partial charge in [-0.1, -0.05) is 24.3 Å². The summed E-state index contributed by atoms with van der Waals surface area (Å²) in [5, 5.41) is 14.2. The number of hydrogen-bond acceptors (Lipinski definition) is 7. The summed E-state index contributed by atoms with van der Waals surface area (Å²) in [6.45, 7) is 2.06. The minimum absolute atomic E-state index is 0.0377. The number of amides is 4. The Morgan fingerprint density at radius 3 is 2.42 bits per heavy atom. The first-order chi connectivity index (χ1) is 23.3. The van der Waals surface area contributed by atoms with E-state index in [1.54, 1.807) is 35.0 Å². The Morgan fingerprint density at radius 1 is 0.917 bits per heavy atom. The van der Waals surface area contributed by atoms with E-state index in [-0.39, 0.29) is 24.3 Å². The lowest BCUT2D eigenvalue weighted by Gasteiger charge is -2.34. The van der Waals surface area contributed by atoms with Crippen molar-refractivity contribution >= 4 is 46.1 Å². The van der Waals surface area contributed by atoms with Crippen LogP contribution in [0.5, 0.6) is 0 Å². The molecule has 1 saturated carbocycles. The summed E-state index contributed by atoms with van der Waals surface area (Å²) in [6, 6.07) is 21.2. The standard InChI is InChI=1S/C35H34FN9O3/c1-43(28-4-2-3-25(36)18-28)32(46)20-27-19-31(42-41-27)40-33-29-12-9-24(17-30(29)37-21-38-33)22-5-7-23(8-6-22)34(47)44-13-15-45(16-14-44)35(48)39-26-10-11-26/h2-9,12,17-19,21,26H,10-11,13-16,20H2,1H3,(H,39,48)(H2,37,38,40,41,42). The van der Waals surface area contributed by atoms with Gasteiger partial charge in [0.15, 0.2) is 5.82 Å². The van der Waals surface area contributed by atoms with E-state index in [1.165, 1.54) is 23.4 Å². The SMILES string of the molecule is CN(C(=O)Cc1cc(Nc2ncnc3cc(-c4ccc(C(=O)N5CCN(C(=O)NC6CC6)CC5)cc4)ccc23)n[nH]1)c1cccc(F)c1. The van der Waals surface area contributed by atoms with E-state index in [9.17, 15) is 18.8 Å². The molecule has 244 valence electrons. The highest BCUT2D eigenvalue weighted by molar-refractivity contribution is 5.96. The second-order valence-electron chi connectivity index (χ2n) is 12.0. The molecule has 3 aromatic carbocycles. The number of nitrogens with zero attached hydrogens (tertiary/aromatic N) is 6. The number of likely N-dealkylation sites (N-methyl/N-ethyl adjacent to an activating group) is 1. The van der Waals surface area contributed by atoms with E-state index < -0.39 is 5.82 Å². The number of anilines is 3. The average molecular weight is 648 g/mol. The number of H-pyrrole nitrogens is 1. The fourth-order valence-corrected chi connectivity index (χ4v) is 5.68. The molecule has 4 amide bonds. The van der Waals surface area contributed by atoms with Crippen molar-refractivity contribution in [3.05, 3.63) is 96.2 Å². The summed E-state index contributed by atoms with van der Waals surface area (Å²) in [4.78, 5) is 52.1. The minimum Gasteiger partial charge on any atom is -0.335 e. The molecule has 0 radical (unpaired) electrons. The van der Waals surface area contributed by atoms with Crippen LogP contribution >= 0.6 is 0 Å². The molecule has 2 fully saturated rings. The van der Waals surface area contributed by atoms with Gasteiger partial charge in [0, 0.05) is 67.7 Å². The Kier molecular flexibility index (Phi) is 8.40. The van der Waals surface area contributed by atoms with Crippen molar-refractivity contribution in [2.24, 2.45) is 0 Å². The number of carbonyl (C=O) groups is 3. The van der Waals surface area contributed by atoms with Gasteiger partial charge in [-0.3, -0.25) is 14.7 Å². The van der Waals surface area contributed by atoms with E-state index in [1.807, 2.05) is 42.5 Å². The number of halogens is 1. The molecule has 12 nitrogen and oxygen atoms in total. The average Bonchev–Trinajstić information content (AvgIpc) is 3.83. The molecule has 0 bridgehead atoms. The molecule has 1 saturated heterocycles. The van der Waals surface area contributed by atoms with Crippen LogP contribution in [-0.2, 0) is 11.2 Å². The number of aromatic nitrogens is 4. The summed E-state index contributed by atoms with van der Waals surface area (Å²) in [5.74, 6) is 0.362. The van der Waals surface area contributed by atoms with Crippen molar-refractivity contribution in [2.45, 2.75) is 25.3 Å². The van der Waals surface area contributed by atoms with Gasteiger partial charge in [0.2, 0.25) is 5.91 Å². The molecule has 2 aliphatic rings. The highest BCUT2D eigenvalue weighted by Gasteiger charge is 2.29. The number of urea groups is 1. The number of fused-ring (bicyclic) bond motifs is 1. The lowest BCUT2D eigenvalue weighted by Crippen LogP contribution is -2.53. The van der Waals surface area contributed by atoms with Gasteiger partial charge in [0.1, 0.15) is 18.0 Å². The Balaban J connectivity index is 0.979. The summed E-state index contributed by atoms with van der Waals surface area (Å²) in [7, 11) is 1.60. The van der Waals surface area contributed by atoms with Gasteiger partial charge in [-0.25, -0.2) is 19.2 Å². The van der Waals surface area contributed by atoms with E-state index in [0.717, 1.165) is 34.9 Å². The molecule has 5 aromatic rings. The molecule has 3 heterocycles. The molecule has 0 unspecified atom stereocenters. The van der Waals surface area contributed by atoms with Crippen LogP contribution in [-0.4, -0.2) is 87.1 Å². The van der Waals surface area contributed by atoms with Gasteiger partial charge in [0.25, 0.3) is 5.91 Å². The van der Waals surface area contributed by atoms with Crippen LogP contribution in [0.3, 0.4) is 0 Å². The van der Waals surface area contributed by atoms with E-state index in [4.69, 9.17) is 0 Å². The second-order valence-corrected chi connectivity index (χ2v) is 12.0. The quantitative estimate of drug-likeness (QED) is 0.221. The molecular formula is C35H34FN9O3.